The molecule has 4 aliphatic rings. The number of nitrogens with one attached hydrogen (secondary N) is 2. The minimum Gasteiger partial charge on any atom is -0.484 e. The number of nitrogens with zero attached hydrogens (tertiary/aromatic N) is 1. The van der Waals surface area contributed by atoms with Crippen LogP contribution in [0.2, 0.25) is 0 Å². The van der Waals surface area contributed by atoms with Crippen molar-refractivity contribution in [3.8, 4) is 5.75 Å². The Labute approximate surface area is 261 Å². The normalized spacial score (nSPS) is 28.0. The first-order valence-corrected chi connectivity index (χ1v) is 16.5. The van der Waals surface area contributed by atoms with Gasteiger partial charge in [0.05, 0.1) is 22.5 Å². The second-order valence-electron chi connectivity index (χ2n) is 12.1. The van der Waals surface area contributed by atoms with Gasteiger partial charge in [0.25, 0.3) is 5.91 Å². The average molecular weight is 624 g/mol. The Kier molecular flexibility index (Phi) is 6.53. The summed E-state index contributed by atoms with van der Waals surface area (Å²) in [5, 5.41) is 3.83. The molecule has 7 atom stereocenters. The van der Waals surface area contributed by atoms with Gasteiger partial charge in [0.1, 0.15) is 5.75 Å². The van der Waals surface area contributed by atoms with Crippen LogP contribution in [-0.2, 0) is 14.4 Å². The van der Waals surface area contributed by atoms with Gasteiger partial charge in [-0.1, -0.05) is 53.8 Å². The van der Waals surface area contributed by atoms with Gasteiger partial charge in [-0.2, -0.15) is 0 Å². The number of fused-ring (bicyclic) bond motifs is 9. The summed E-state index contributed by atoms with van der Waals surface area (Å²) in [7, 11) is 0. The van der Waals surface area contributed by atoms with Crippen molar-refractivity contribution >= 4 is 52.2 Å². The molecule has 4 aromatic rings. The maximum atomic E-state index is 13.9. The number of imide groups is 1. The number of hydrogen-bond donors (Lipinski definition) is 2. The van der Waals surface area contributed by atoms with E-state index in [1.165, 1.54) is 16.2 Å². The predicted octanol–water partition coefficient (Wildman–Crippen LogP) is 5.44. The fraction of sp³-hybridized carbons (Fsp3) is 0.294. The number of hydrogen-bond acceptors (Lipinski definition) is 7. The number of benzene rings is 3. The minimum absolute atomic E-state index is 0.0210. The summed E-state index contributed by atoms with van der Waals surface area (Å²) in [6.45, 7) is 1.82. The number of carbonyl (C=O) groups is 3. The molecule has 3 heterocycles. The lowest BCUT2D eigenvalue weighted by molar-refractivity contribution is -0.123. The highest BCUT2D eigenvalue weighted by Crippen LogP contribution is 2.68. The van der Waals surface area contributed by atoms with Gasteiger partial charge in [0.15, 0.2) is 6.61 Å². The van der Waals surface area contributed by atoms with Gasteiger partial charge >= 0.3 is 4.87 Å². The molecule has 2 bridgehead atoms. The van der Waals surface area contributed by atoms with E-state index in [1.54, 1.807) is 11.8 Å². The number of carbonyl (C=O) groups excluding carboxylic acids is 3. The zero-order valence-electron chi connectivity index (χ0n) is 23.8. The van der Waals surface area contributed by atoms with Crippen molar-refractivity contribution in [2.75, 3.05) is 16.8 Å². The van der Waals surface area contributed by atoms with Crippen LogP contribution in [0.25, 0.3) is 0 Å². The van der Waals surface area contributed by atoms with E-state index in [0.717, 1.165) is 27.5 Å². The number of para-hydroxylation sites is 1. The standard InChI is InChI=1S/C34H29N3O5S2/c1-17-7-5-9-19(13-17)35-24(38)16-42-21-12-6-8-18(14-21)25-26-22-15-23(29(26)43-31-30(25)44-34(41)36-31)28-27(22)32(39)37(33(28)40)20-10-3-2-4-11-20/h2-14,22-23,25-29H,15-16H2,1H3,(H,35,38)(H,36,41)/t22-,23-,25+,26-,27+,28+,29-/m1/s1. The second kappa shape index (κ2) is 10.5. The third-order valence-corrected chi connectivity index (χ3v) is 12.2. The predicted molar refractivity (Wildman–Crippen MR) is 169 cm³/mol. The second-order valence-corrected chi connectivity index (χ2v) is 14.3. The van der Waals surface area contributed by atoms with E-state index in [9.17, 15) is 19.2 Å². The Balaban J connectivity index is 1.09. The molecule has 2 saturated carbocycles. The number of H-pyrrole nitrogens is 1. The maximum Gasteiger partial charge on any atom is 0.305 e. The lowest BCUT2D eigenvalue weighted by atomic mass is 9.68. The van der Waals surface area contributed by atoms with Crippen molar-refractivity contribution < 1.29 is 19.1 Å². The summed E-state index contributed by atoms with van der Waals surface area (Å²) < 4.78 is 5.94. The topological polar surface area (TPSA) is 109 Å². The van der Waals surface area contributed by atoms with Crippen LogP contribution in [0.4, 0.5) is 11.4 Å². The van der Waals surface area contributed by atoms with Gasteiger partial charge in [-0.25, -0.2) is 0 Å². The quantitative estimate of drug-likeness (QED) is 0.277. The zero-order chi connectivity index (χ0) is 30.1. The third kappa shape index (κ3) is 4.34. The number of ether oxygens (including phenoxy) is 1. The summed E-state index contributed by atoms with van der Waals surface area (Å²) in [5.74, 6) is -0.579. The highest BCUT2D eigenvalue weighted by atomic mass is 32.2. The Bertz CT molecular complexity index is 1870. The number of thioether (sulfide) groups is 1. The summed E-state index contributed by atoms with van der Waals surface area (Å²) in [6, 6.07) is 24.5. The summed E-state index contributed by atoms with van der Waals surface area (Å²) in [6.07, 6.45) is 0.822. The molecule has 8 nitrogen and oxygen atoms in total. The Morgan fingerprint density at radius 3 is 2.52 bits per heavy atom. The molecule has 44 heavy (non-hydrogen) atoms. The molecule has 3 amide bonds. The first kappa shape index (κ1) is 27.4. The van der Waals surface area contributed by atoms with Crippen LogP contribution in [0, 0.1) is 36.5 Å². The van der Waals surface area contributed by atoms with Crippen molar-refractivity contribution in [3.05, 3.63) is 105 Å². The number of thiazole rings is 1. The van der Waals surface area contributed by atoms with Crippen LogP contribution in [0.1, 0.15) is 28.3 Å². The molecule has 2 aliphatic carbocycles. The smallest absolute Gasteiger partial charge is 0.305 e. The number of aromatic amines is 1. The van der Waals surface area contributed by atoms with Crippen molar-refractivity contribution in [2.24, 2.45) is 29.6 Å². The number of amides is 3. The van der Waals surface area contributed by atoms with Gasteiger partial charge in [-0.3, -0.25) is 24.1 Å². The molecule has 10 heteroatoms. The van der Waals surface area contributed by atoms with E-state index in [2.05, 4.69) is 10.3 Å². The van der Waals surface area contributed by atoms with Crippen LogP contribution < -0.4 is 19.8 Å². The molecule has 2 aliphatic heterocycles. The monoisotopic (exact) mass is 623 g/mol. The summed E-state index contributed by atoms with van der Waals surface area (Å²) in [4.78, 5) is 58.2. The van der Waals surface area contributed by atoms with Gasteiger partial charge in [0.2, 0.25) is 11.8 Å². The Morgan fingerprint density at radius 2 is 1.73 bits per heavy atom. The van der Waals surface area contributed by atoms with Gasteiger partial charge in [0, 0.05) is 21.7 Å². The lowest BCUT2D eigenvalue weighted by Gasteiger charge is -2.43. The van der Waals surface area contributed by atoms with Gasteiger partial charge in [-0.05, 0) is 78.6 Å². The maximum absolute atomic E-state index is 13.9. The van der Waals surface area contributed by atoms with Crippen LogP contribution in [0.5, 0.6) is 5.75 Å². The fourth-order valence-electron chi connectivity index (χ4n) is 8.09. The van der Waals surface area contributed by atoms with E-state index in [1.807, 2.05) is 85.8 Å². The van der Waals surface area contributed by atoms with Crippen LogP contribution in [0.15, 0.2) is 88.7 Å². The van der Waals surface area contributed by atoms with E-state index in [4.69, 9.17) is 4.74 Å². The van der Waals surface area contributed by atoms with Gasteiger partial charge < -0.3 is 15.0 Å². The molecule has 222 valence electrons. The Morgan fingerprint density at radius 1 is 0.955 bits per heavy atom. The summed E-state index contributed by atoms with van der Waals surface area (Å²) in [5.41, 5.74) is 3.38. The van der Waals surface area contributed by atoms with Crippen molar-refractivity contribution in [3.63, 3.8) is 0 Å². The van der Waals surface area contributed by atoms with Crippen LogP contribution in [-0.4, -0.2) is 34.6 Å². The van der Waals surface area contributed by atoms with Crippen LogP contribution in [0.3, 0.4) is 0 Å². The average Bonchev–Trinajstić information content (AvgIpc) is 3.75. The lowest BCUT2D eigenvalue weighted by Crippen LogP contribution is -2.42. The Hall–Kier alpha value is -4.15. The third-order valence-electron chi connectivity index (χ3n) is 9.63. The SMILES string of the molecule is Cc1cccc(NC(=O)COc2cccc([C@@H]3c4sc(=O)[nH]c4S[C@@H]4[C@@H]5C[C@@H]([C@@H]6C(=O)N(c7ccccc7)C(=O)[C@@H]56)[C@H]34)c2)c1. The molecule has 8 rings (SSSR count). The molecule has 3 aromatic carbocycles. The molecule has 1 saturated heterocycles. The van der Waals surface area contributed by atoms with Crippen molar-refractivity contribution in [1.82, 2.24) is 4.98 Å². The molecule has 3 fully saturated rings. The van der Waals surface area contributed by atoms with Crippen LogP contribution >= 0.6 is 23.1 Å². The first-order valence-electron chi connectivity index (χ1n) is 14.8. The molecule has 0 unspecified atom stereocenters. The number of anilines is 2. The fourth-order valence-corrected chi connectivity index (χ4v) is 11.0. The number of aromatic nitrogens is 1. The summed E-state index contributed by atoms with van der Waals surface area (Å²) >= 11 is 2.89. The van der Waals surface area contributed by atoms with E-state index in [-0.39, 0.29) is 70.0 Å². The van der Waals surface area contributed by atoms with E-state index >= 15 is 0 Å². The van der Waals surface area contributed by atoms with Crippen molar-refractivity contribution in [2.45, 2.75) is 29.5 Å². The molecular formula is C34H29N3O5S2. The molecule has 2 N–H and O–H groups in total. The molecular weight excluding hydrogens is 595 g/mol. The largest absolute Gasteiger partial charge is 0.484 e. The van der Waals surface area contributed by atoms with E-state index < -0.39 is 0 Å². The van der Waals surface area contributed by atoms with E-state index in [0.29, 0.717) is 17.1 Å². The number of rotatable bonds is 6. The van der Waals surface area contributed by atoms with Gasteiger partial charge in [-0.15, -0.1) is 11.8 Å². The molecule has 0 spiro atoms. The highest BCUT2D eigenvalue weighted by molar-refractivity contribution is 8.00. The molecule has 0 radical (unpaired) electrons. The molecule has 1 aromatic heterocycles. The van der Waals surface area contributed by atoms with Crippen molar-refractivity contribution in [1.29, 1.82) is 0 Å². The number of aryl methyl sites for hydroxylation is 1. The highest BCUT2D eigenvalue weighted by Gasteiger charge is 2.69. The zero-order valence-corrected chi connectivity index (χ0v) is 25.4. The first-order chi connectivity index (χ1) is 21.4. The minimum atomic E-state index is -0.362.